The van der Waals surface area contributed by atoms with E-state index in [-0.39, 0.29) is 24.0 Å². The molecule has 0 amide bonds. The van der Waals surface area contributed by atoms with Crippen LogP contribution in [0.25, 0.3) is 0 Å². The summed E-state index contributed by atoms with van der Waals surface area (Å²) in [7, 11) is 1.77. The van der Waals surface area contributed by atoms with Crippen LogP contribution in [0.3, 0.4) is 0 Å². The van der Waals surface area contributed by atoms with Crippen LogP contribution in [0.15, 0.2) is 39.8 Å². The molecule has 0 spiro atoms. The van der Waals surface area contributed by atoms with Gasteiger partial charge in [0.2, 0.25) is 0 Å². The van der Waals surface area contributed by atoms with E-state index in [1.54, 1.807) is 7.05 Å². The number of ether oxygens (including phenoxy) is 1. The summed E-state index contributed by atoms with van der Waals surface area (Å²) in [5.74, 6) is 3.34. The Kier molecular flexibility index (Phi) is 7.74. The molecule has 0 fully saturated rings. The standard InChI is InChI=1S/C19H26N4O2.HI/c1-13(2)17-10-15(25-23-17)12-22-19(20-3)21-11-14-8-9-24-18-7-5-4-6-16(14)18;/h4-7,10,13-14H,8-9,11-12H2,1-3H3,(H2,20,21,22);1H. The summed E-state index contributed by atoms with van der Waals surface area (Å²) < 4.78 is 11.1. The zero-order chi connectivity index (χ0) is 17.6. The lowest BCUT2D eigenvalue weighted by atomic mass is 9.93. The van der Waals surface area contributed by atoms with Crippen molar-refractivity contribution in [1.29, 1.82) is 0 Å². The van der Waals surface area contributed by atoms with E-state index in [1.807, 2.05) is 18.2 Å². The summed E-state index contributed by atoms with van der Waals surface area (Å²) in [6.07, 6.45) is 1.00. The number of benzene rings is 1. The second-order valence-electron chi connectivity index (χ2n) is 6.55. The highest BCUT2D eigenvalue weighted by Gasteiger charge is 2.21. The first-order valence-electron chi connectivity index (χ1n) is 8.79. The molecule has 3 rings (SSSR count). The van der Waals surface area contributed by atoms with Gasteiger partial charge >= 0.3 is 0 Å². The third kappa shape index (κ3) is 5.12. The lowest BCUT2D eigenvalue weighted by Crippen LogP contribution is -2.39. The lowest BCUT2D eigenvalue weighted by Gasteiger charge is -2.26. The van der Waals surface area contributed by atoms with Crippen molar-refractivity contribution in [2.75, 3.05) is 20.2 Å². The lowest BCUT2D eigenvalue weighted by molar-refractivity contribution is 0.267. The number of aromatic nitrogens is 1. The highest BCUT2D eigenvalue weighted by Crippen LogP contribution is 2.32. The van der Waals surface area contributed by atoms with Gasteiger partial charge in [-0.2, -0.15) is 0 Å². The van der Waals surface area contributed by atoms with Gasteiger partial charge in [-0.1, -0.05) is 37.2 Å². The maximum atomic E-state index is 5.72. The zero-order valence-corrected chi connectivity index (χ0v) is 17.8. The summed E-state index contributed by atoms with van der Waals surface area (Å²) in [6.45, 7) is 6.32. The fourth-order valence-corrected chi connectivity index (χ4v) is 2.92. The number of guanidine groups is 1. The predicted octanol–water partition coefficient (Wildman–Crippen LogP) is 3.65. The topological polar surface area (TPSA) is 71.7 Å². The number of fused-ring (bicyclic) bond motifs is 1. The molecular weight excluding hydrogens is 443 g/mol. The summed E-state index contributed by atoms with van der Waals surface area (Å²) in [4.78, 5) is 4.29. The fraction of sp³-hybridized carbons (Fsp3) is 0.474. The molecule has 1 unspecified atom stereocenters. The van der Waals surface area contributed by atoms with Crippen LogP contribution in [0.4, 0.5) is 0 Å². The Bertz CT molecular complexity index is 730. The van der Waals surface area contributed by atoms with E-state index in [2.05, 4.69) is 46.8 Å². The molecule has 1 aliphatic heterocycles. The van der Waals surface area contributed by atoms with Crippen LogP contribution in [-0.2, 0) is 6.54 Å². The maximum absolute atomic E-state index is 5.72. The van der Waals surface area contributed by atoms with Crippen LogP contribution >= 0.6 is 24.0 Å². The molecule has 142 valence electrons. The number of nitrogens with zero attached hydrogens (tertiary/aromatic N) is 2. The van der Waals surface area contributed by atoms with Gasteiger partial charge in [0.1, 0.15) is 5.75 Å². The molecule has 6 nitrogen and oxygen atoms in total. The van der Waals surface area contributed by atoms with Gasteiger partial charge in [-0.15, -0.1) is 24.0 Å². The molecule has 1 atom stereocenters. The van der Waals surface area contributed by atoms with Crippen molar-refractivity contribution < 1.29 is 9.26 Å². The van der Waals surface area contributed by atoms with Crippen LogP contribution in [0, 0.1) is 0 Å². The molecule has 1 aromatic carbocycles. The van der Waals surface area contributed by atoms with Gasteiger partial charge < -0.3 is 19.9 Å². The Labute approximate surface area is 171 Å². The molecule has 2 N–H and O–H groups in total. The summed E-state index contributed by atoms with van der Waals surface area (Å²) in [6, 6.07) is 10.2. The molecule has 0 saturated carbocycles. The van der Waals surface area contributed by atoms with Crippen molar-refractivity contribution >= 4 is 29.9 Å². The minimum Gasteiger partial charge on any atom is -0.493 e. The van der Waals surface area contributed by atoms with Crippen LogP contribution in [-0.4, -0.2) is 31.3 Å². The maximum Gasteiger partial charge on any atom is 0.191 e. The van der Waals surface area contributed by atoms with Crippen molar-refractivity contribution in [3.8, 4) is 5.75 Å². The molecule has 0 radical (unpaired) electrons. The number of rotatable bonds is 5. The second-order valence-corrected chi connectivity index (χ2v) is 6.55. The molecule has 2 heterocycles. The predicted molar refractivity (Wildman–Crippen MR) is 114 cm³/mol. The Morgan fingerprint density at radius 3 is 2.85 bits per heavy atom. The Morgan fingerprint density at radius 2 is 2.12 bits per heavy atom. The first-order chi connectivity index (χ1) is 12.2. The van der Waals surface area contributed by atoms with E-state index in [0.29, 0.717) is 18.4 Å². The molecule has 1 aliphatic rings. The monoisotopic (exact) mass is 470 g/mol. The van der Waals surface area contributed by atoms with Gasteiger partial charge in [-0.3, -0.25) is 4.99 Å². The van der Waals surface area contributed by atoms with Gasteiger partial charge in [-0.05, 0) is 24.0 Å². The Balaban J connectivity index is 0.00000243. The third-order valence-corrected chi connectivity index (χ3v) is 4.42. The van der Waals surface area contributed by atoms with Gasteiger partial charge in [0, 0.05) is 25.6 Å². The highest BCUT2D eigenvalue weighted by molar-refractivity contribution is 14.0. The van der Waals surface area contributed by atoms with Crippen molar-refractivity contribution in [3.05, 3.63) is 47.3 Å². The van der Waals surface area contributed by atoms with Crippen LogP contribution in [0.1, 0.15) is 49.1 Å². The van der Waals surface area contributed by atoms with Crippen LogP contribution in [0.5, 0.6) is 5.75 Å². The van der Waals surface area contributed by atoms with E-state index in [1.165, 1.54) is 5.56 Å². The molecule has 0 bridgehead atoms. The van der Waals surface area contributed by atoms with Gasteiger partial charge in [0.25, 0.3) is 0 Å². The van der Waals surface area contributed by atoms with E-state index < -0.39 is 0 Å². The SMILES string of the molecule is CN=C(NCc1cc(C(C)C)no1)NCC1CCOc2ccccc21.I. The molecule has 26 heavy (non-hydrogen) atoms. The molecule has 0 aliphatic carbocycles. The molecule has 0 saturated heterocycles. The summed E-state index contributed by atoms with van der Waals surface area (Å²) in [5, 5.41) is 10.8. The normalized spacial score (nSPS) is 16.5. The number of nitrogens with one attached hydrogen (secondary N) is 2. The average Bonchev–Trinajstić information content (AvgIpc) is 3.11. The van der Waals surface area contributed by atoms with Crippen molar-refractivity contribution in [2.24, 2.45) is 4.99 Å². The summed E-state index contributed by atoms with van der Waals surface area (Å²) >= 11 is 0. The second kappa shape index (κ2) is 9.80. The van der Waals surface area contributed by atoms with Crippen molar-refractivity contribution in [2.45, 2.75) is 38.6 Å². The molecule has 1 aromatic heterocycles. The first kappa shape index (κ1) is 20.5. The van der Waals surface area contributed by atoms with E-state index >= 15 is 0 Å². The summed E-state index contributed by atoms with van der Waals surface area (Å²) in [5.41, 5.74) is 2.23. The van der Waals surface area contributed by atoms with E-state index in [0.717, 1.165) is 42.7 Å². The minimum absolute atomic E-state index is 0. The van der Waals surface area contributed by atoms with Crippen LogP contribution < -0.4 is 15.4 Å². The largest absolute Gasteiger partial charge is 0.493 e. The van der Waals surface area contributed by atoms with Crippen LogP contribution in [0.2, 0.25) is 0 Å². The number of hydrogen-bond acceptors (Lipinski definition) is 4. The van der Waals surface area contributed by atoms with Gasteiger partial charge in [-0.25, -0.2) is 0 Å². The van der Waals surface area contributed by atoms with E-state index in [4.69, 9.17) is 9.26 Å². The smallest absolute Gasteiger partial charge is 0.191 e. The van der Waals surface area contributed by atoms with Crippen molar-refractivity contribution in [3.63, 3.8) is 0 Å². The molecule has 2 aromatic rings. The van der Waals surface area contributed by atoms with Crippen molar-refractivity contribution in [1.82, 2.24) is 15.8 Å². The minimum atomic E-state index is 0. The number of halogens is 1. The number of para-hydroxylation sites is 1. The number of hydrogen-bond donors (Lipinski definition) is 2. The molecule has 7 heteroatoms. The number of aliphatic imine (C=N–C) groups is 1. The van der Waals surface area contributed by atoms with Gasteiger partial charge in [0.15, 0.2) is 11.7 Å². The van der Waals surface area contributed by atoms with Gasteiger partial charge in [0.05, 0.1) is 18.8 Å². The Morgan fingerprint density at radius 1 is 1.31 bits per heavy atom. The first-order valence-corrected chi connectivity index (χ1v) is 8.79. The fourth-order valence-electron chi connectivity index (χ4n) is 2.92. The van der Waals surface area contributed by atoms with E-state index in [9.17, 15) is 0 Å². The third-order valence-electron chi connectivity index (χ3n) is 4.42. The zero-order valence-electron chi connectivity index (χ0n) is 15.5. The average molecular weight is 470 g/mol. The Hall–Kier alpha value is -1.77. The molecular formula is C19H27IN4O2. The highest BCUT2D eigenvalue weighted by atomic mass is 127. The quantitative estimate of drug-likeness (QED) is 0.397.